The summed E-state index contributed by atoms with van der Waals surface area (Å²) in [6.07, 6.45) is 1.63. The summed E-state index contributed by atoms with van der Waals surface area (Å²) in [7, 11) is -2.44. The SMILES string of the molecule is COc1ccc(OS(=O)(=O)c2cccc3cc(C)cnc23)cc1. The Morgan fingerprint density at radius 1 is 1.00 bits per heavy atom. The number of fused-ring (bicyclic) bond motifs is 1. The second kappa shape index (κ2) is 5.89. The van der Waals surface area contributed by atoms with Gasteiger partial charge in [-0.15, -0.1) is 0 Å². The third kappa shape index (κ3) is 3.12. The molecule has 0 spiro atoms. The van der Waals surface area contributed by atoms with Crippen LogP contribution in [0.2, 0.25) is 0 Å². The molecular formula is C17H15NO4S. The Morgan fingerprint density at radius 3 is 2.39 bits per heavy atom. The van der Waals surface area contributed by atoms with E-state index in [4.69, 9.17) is 8.92 Å². The van der Waals surface area contributed by atoms with Gasteiger partial charge in [-0.2, -0.15) is 8.42 Å². The van der Waals surface area contributed by atoms with E-state index in [9.17, 15) is 8.42 Å². The zero-order chi connectivity index (χ0) is 16.4. The van der Waals surface area contributed by atoms with Crippen molar-refractivity contribution in [3.8, 4) is 11.5 Å². The van der Waals surface area contributed by atoms with Crippen molar-refractivity contribution >= 4 is 21.0 Å². The maximum absolute atomic E-state index is 12.6. The monoisotopic (exact) mass is 329 g/mol. The average Bonchev–Trinajstić information content (AvgIpc) is 2.54. The first kappa shape index (κ1) is 15.3. The predicted octanol–water partition coefficient (Wildman–Crippen LogP) is 3.32. The molecule has 0 atom stereocenters. The van der Waals surface area contributed by atoms with Gasteiger partial charge in [0.15, 0.2) is 0 Å². The lowest BCUT2D eigenvalue weighted by Crippen LogP contribution is -2.10. The van der Waals surface area contributed by atoms with E-state index in [-0.39, 0.29) is 10.6 Å². The smallest absolute Gasteiger partial charge is 0.341 e. The van der Waals surface area contributed by atoms with Crippen LogP contribution in [0.1, 0.15) is 5.56 Å². The minimum atomic E-state index is -3.98. The molecule has 23 heavy (non-hydrogen) atoms. The minimum Gasteiger partial charge on any atom is -0.497 e. The van der Waals surface area contributed by atoms with Crippen LogP contribution in [0, 0.1) is 6.92 Å². The van der Waals surface area contributed by atoms with Gasteiger partial charge in [-0.1, -0.05) is 12.1 Å². The first-order valence-electron chi connectivity index (χ1n) is 6.93. The molecule has 0 amide bonds. The van der Waals surface area contributed by atoms with E-state index in [2.05, 4.69) is 4.98 Å². The fourth-order valence-corrected chi connectivity index (χ4v) is 3.35. The van der Waals surface area contributed by atoms with Gasteiger partial charge in [0.2, 0.25) is 0 Å². The number of hydrogen-bond donors (Lipinski definition) is 0. The maximum Gasteiger partial charge on any atom is 0.341 e. The number of nitrogens with zero attached hydrogens (tertiary/aromatic N) is 1. The van der Waals surface area contributed by atoms with Crippen LogP contribution in [0.3, 0.4) is 0 Å². The van der Waals surface area contributed by atoms with E-state index >= 15 is 0 Å². The van der Waals surface area contributed by atoms with Crippen molar-refractivity contribution in [3.05, 3.63) is 60.3 Å². The minimum absolute atomic E-state index is 0.0471. The third-order valence-electron chi connectivity index (χ3n) is 3.35. The molecule has 3 rings (SSSR count). The Kier molecular flexibility index (Phi) is 3.92. The van der Waals surface area contributed by atoms with Crippen molar-refractivity contribution in [2.24, 2.45) is 0 Å². The number of pyridine rings is 1. The van der Waals surface area contributed by atoms with Gasteiger partial charge in [0.25, 0.3) is 0 Å². The summed E-state index contributed by atoms with van der Waals surface area (Å²) >= 11 is 0. The van der Waals surface area contributed by atoms with Crippen molar-refractivity contribution in [1.82, 2.24) is 4.98 Å². The number of aryl methyl sites for hydroxylation is 1. The van der Waals surface area contributed by atoms with Gasteiger partial charge in [-0.25, -0.2) is 0 Å². The van der Waals surface area contributed by atoms with Crippen LogP contribution in [0.5, 0.6) is 11.5 Å². The number of rotatable bonds is 4. The molecule has 0 N–H and O–H groups in total. The van der Waals surface area contributed by atoms with Gasteiger partial charge in [0, 0.05) is 11.6 Å². The molecule has 118 valence electrons. The molecule has 0 fully saturated rings. The fourth-order valence-electron chi connectivity index (χ4n) is 2.25. The van der Waals surface area contributed by atoms with E-state index in [0.29, 0.717) is 11.3 Å². The zero-order valence-corrected chi connectivity index (χ0v) is 13.5. The summed E-state index contributed by atoms with van der Waals surface area (Å²) in [6.45, 7) is 1.90. The fraction of sp³-hybridized carbons (Fsp3) is 0.118. The van der Waals surface area contributed by atoms with E-state index < -0.39 is 10.1 Å². The summed E-state index contributed by atoms with van der Waals surface area (Å²) in [5.41, 5.74) is 1.36. The van der Waals surface area contributed by atoms with E-state index in [1.54, 1.807) is 36.5 Å². The lowest BCUT2D eigenvalue weighted by atomic mass is 10.2. The largest absolute Gasteiger partial charge is 0.497 e. The molecular weight excluding hydrogens is 314 g/mol. The second-order valence-corrected chi connectivity index (χ2v) is 6.57. The highest BCUT2D eigenvalue weighted by atomic mass is 32.2. The number of aromatic nitrogens is 1. The van der Waals surface area contributed by atoms with Gasteiger partial charge in [-0.05, 0) is 48.9 Å². The Bertz CT molecular complexity index is 950. The Labute approximate surface area is 134 Å². The highest BCUT2D eigenvalue weighted by Gasteiger charge is 2.20. The molecule has 1 heterocycles. The number of para-hydroxylation sites is 1. The number of ether oxygens (including phenoxy) is 1. The van der Waals surface area contributed by atoms with Crippen LogP contribution in [0.4, 0.5) is 0 Å². The van der Waals surface area contributed by atoms with Crippen molar-refractivity contribution in [2.75, 3.05) is 7.11 Å². The summed E-state index contributed by atoms with van der Waals surface area (Å²) in [6, 6.07) is 13.2. The van der Waals surface area contributed by atoms with Gasteiger partial charge in [-0.3, -0.25) is 4.98 Å². The van der Waals surface area contributed by atoms with E-state index in [0.717, 1.165) is 10.9 Å². The predicted molar refractivity (Wildman–Crippen MR) is 87.3 cm³/mol. The number of hydrogen-bond acceptors (Lipinski definition) is 5. The third-order valence-corrected chi connectivity index (χ3v) is 4.63. The van der Waals surface area contributed by atoms with Crippen molar-refractivity contribution < 1.29 is 17.3 Å². The highest BCUT2D eigenvalue weighted by Crippen LogP contribution is 2.26. The van der Waals surface area contributed by atoms with Crippen LogP contribution in [-0.4, -0.2) is 20.5 Å². The molecule has 0 bridgehead atoms. The summed E-state index contributed by atoms with van der Waals surface area (Å²) in [5.74, 6) is 0.840. The quantitative estimate of drug-likeness (QED) is 0.687. The Hall–Kier alpha value is -2.60. The first-order chi connectivity index (χ1) is 11.0. The maximum atomic E-state index is 12.6. The van der Waals surface area contributed by atoms with Gasteiger partial charge < -0.3 is 8.92 Å². The second-order valence-electron chi connectivity index (χ2n) is 5.05. The molecule has 0 saturated heterocycles. The lowest BCUT2D eigenvalue weighted by molar-refractivity contribution is 0.413. The molecule has 0 aliphatic rings. The lowest BCUT2D eigenvalue weighted by Gasteiger charge is -2.09. The molecule has 0 aliphatic carbocycles. The molecule has 0 unspecified atom stereocenters. The van der Waals surface area contributed by atoms with Crippen LogP contribution in [0.25, 0.3) is 10.9 Å². The van der Waals surface area contributed by atoms with Gasteiger partial charge in [0.1, 0.15) is 16.4 Å². The van der Waals surface area contributed by atoms with Crippen LogP contribution in [-0.2, 0) is 10.1 Å². The van der Waals surface area contributed by atoms with Crippen LogP contribution >= 0.6 is 0 Å². The average molecular weight is 329 g/mol. The molecule has 2 aromatic carbocycles. The molecule has 0 saturated carbocycles. The normalized spacial score (nSPS) is 11.4. The highest BCUT2D eigenvalue weighted by molar-refractivity contribution is 7.87. The van der Waals surface area contributed by atoms with Crippen molar-refractivity contribution in [2.45, 2.75) is 11.8 Å². The van der Waals surface area contributed by atoms with E-state index in [1.165, 1.54) is 13.2 Å². The molecule has 0 radical (unpaired) electrons. The standard InChI is InChI=1S/C17H15NO4S/c1-12-10-13-4-3-5-16(17(13)18-11-12)23(19,20)22-15-8-6-14(21-2)7-9-15/h3-11H,1-2H3. The Balaban J connectivity index is 2.02. The summed E-state index contributed by atoms with van der Waals surface area (Å²) in [4.78, 5) is 4.28. The molecule has 6 heteroatoms. The number of benzene rings is 2. The molecule has 1 aromatic heterocycles. The van der Waals surface area contributed by atoms with Crippen LogP contribution < -0.4 is 8.92 Å². The Morgan fingerprint density at radius 2 is 1.70 bits per heavy atom. The first-order valence-corrected chi connectivity index (χ1v) is 8.34. The zero-order valence-electron chi connectivity index (χ0n) is 12.7. The van der Waals surface area contributed by atoms with Gasteiger partial charge in [0.05, 0.1) is 12.6 Å². The summed E-state index contributed by atoms with van der Waals surface area (Å²) in [5, 5.41) is 0.754. The molecule has 5 nitrogen and oxygen atoms in total. The van der Waals surface area contributed by atoms with Crippen molar-refractivity contribution in [3.63, 3.8) is 0 Å². The van der Waals surface area contributed by atoms with Crippen molar-refractivity contribution in [1.29, 1.82) is 0 Å². The topological polar surface area (TPSA) is 65.5 Å². The van der Waals surface area contributed by atoms with Crippen LogP contribution in [0.15, 0.2) is 59.6 Å². The molecule has 3 aromatic rings. The number of methoxy groups -OCH3 is 1. The van der Waals surface area contributed by atoms with Gasteiger partial charge >= 0.3 is 10.1 Å². The summed E-state index contributed by atoms with van der Waals surface area (Å²) < 4.78 is 35.4. The molecule has 0 aliphatic heterocycles. The van der Waals surface area contributed by atoms with E-state index in [1.807, 2.05) is 19.1 Å².